The third-order valence-electron chi connectivity index (χ3n) is 6.42. The van der Waals surface area contributed by atoms with Crippen molar-refractivity contribution in [2.45, 2.75) is 57.9 Å². The summed E-state index contributed by atoms with van der Waals surface area (Å²) in [5.74, 6) is 0. The van der Waals surface area contributed by atoms with Crippen LogP contribution in [0.3, 0.4) is 0 Å². The zero-order valence-electron chi connectivity index (χ0n) is 21.0. The predicted octanol–water partition coefficient (Wildman–Crippen LogP) is 6.11. The van der Waals surface area contributed by atoms with Gasteiger partial charge in [-0.1, -0.05) is 72.8 Å². The normalized spacial score (nSPS) is 15.5. The molecule has 0 bridgehead atoms. The zero-order chi connectivity index (χ0) is 24.9. The van der Waals surface area contributed by atoms with E-state index in [1.165, 1.54) is 11.1 Å². The molecule has 0 spiro atoms. The lowest BCUT2D eigenvalue weighted by Crippen LogP contribution is -2.46. The molecule has 0 unspecified atom stereocenters. The van der Waals surface area contributed by atoms with Crippen LogP contribution in [0.15, 0.2) is 84.9 Å². The molecule has 3 aromatic rings. The lowest BCUT2D eigenvalue weighted by molar-refractivity contribution is -0.0356. The van der Waals surface area contributed by atoms with Crippen molar-refractivity contribution in [2.24, 2.45) is 0 Å². The quantitative estimate of drug-likeness (QED) is 0.470. The molecule has 1 N–H and O–H groups in total. The Bertz CT molecular complexity index is 1060. The molecule has 5 nitrogen and oxygen atoms in total. The van der Waals surface area contributed by atoms with Gasteiger partial charge in [-0.15, -0.1) is 0 Å². The molecule has 0 saturated carbocycles. The first-order valence-corrected chi connectivity index (χ1v) is 12.4. The number of hydrogen-bond donors (Lipinski definition) is 1. The molecule has 1 amide bonds. The molecule has 184 valence electrons. The fourth-order valence-corrected chi connectivity index (χ4v) is 4.51. The third kappa shape index (κ3) is 6.64. The largest absolute Gasteiger partial charge is 0.444 e. The second kappa shape index (κ2) is 10.5. The van der Waals surface area contributed by atoms with Crippen molar-refractivity contribution in [1.29, 1.82) is 0 Å². The molecule has 0 atom stereocenters. The van der Waals surface area contributed by atoms with Crippen LogP contribution >= 0.6 is 0 Å². The van der Waals surface area contributed by atoms with E-state index in [-0.39, 0.29) is 6.09 Å². The molecule has 3 aromatic carbocycles. The van der Waals surface area contributed by atoms with Crippen LogP contribution in [-0.2, 0) is 23.4 Å². The number of rotatable bonds is 6. The average molecular weight is 473 g/mol. The van der Waals surface area contributed by atoms with E-state index in [0.29, 0.717) is 25.9 Å². The minimum atomic E-state index is -0.973. The van der Waals surface area contributed by atoms with Gasteiger partial charge in [0, 0.05) is 31.9 Å². The van der Waals surface area contributed by atoms with Gasteiger partial charge in [0.15, 0.2) is 0 Å². The summed E-state index contributed by atoms with van der Waals surface area (Å²) in [5.41, 5.74) is 2.93. The lowest BCUT2D eigenvalue weighted by Gasteiger charge is -2.39. The summed E-state index contributed by atoms with van der Waals surface area (Å²) in [6, 6.07) is 29.1. The van der Waals surface area contributed by atoms with Crippen LogP contribution in [-0.4, -0.2) is 34.8 Å². The van der Waals surface area contributed by atoms with Gasteiger partial charge in [-0.3, -0.25) is 0 Å². The molecule has 1 heterocycles. The molecular formula is C30H36N2O3. The molecule has 0 aromatic heterocycles. The van der Waals surface area contributed by atoms with E-state index in [1.807, 2.05) is 45.0 Å². The van der Waals surface area contributed by atoms with Crippen LogP contribution < -0.4 is 4.90 Å². The van der Waals surface area contributed by atoms with E-state index >= 15 is 0 Å². The number of ether oxygens (including phenoxy) is 1. The van der Waals surface area contributed by atoms with Crippen molar-refractivity contribution in [1.82, 2.24) is 4.90 Å². The molecule has 1 aliphatic heterocycles. The average Bonchev–Trinajstić information content (AvgIpc) is 2.84. The second-order valence-corrected chi connectivity index (χ2v) is 10.4. The highest BCUT2D eigenvalue weighted by molar-refractivity contribution is 5.68. The van der Waals surface area contributed by atoms with Gasteiger partial charge in [0.2, 0.25) is 0 Å². The number of likely N-dealkylation sites (tertiary alicyclic amines) is 1. The number of carbonyl (C=O) groups excluding carboxylic acids is 1. The molecule has 35 heavy (non-hydrogen) atoms. The number of piperidine rings is 1. The van der Waals surface area contributed by atoms with Crippen LogP contribution in [0.25, 0.3) is 0 Å². The Morgan fingerprint density at radius 2 is 1.43 bits per heavy atom. The van der Waals surface area contributed by atoms with Gasteiger partial charge < -0.3 is 19.6 Å². The Labute approximate surface area is 209 Å². The van der Waals surface area contributed by atoms with Gasteiger partial charge in [0.25, 0.3) is 0 Å². The van der Waals surface area contributed by atoms with Crippen LogP contribution in [0.2, 0.25) is 0 Å². The van der Waals surface area contributed by atoms with Gasteiger partial charge in [0.05, 0.1) is 5.60 Å². The molecule has 5 heteroatoms. The molecule has 0 radical (unpaired) electrons. The summed E-state index contributed by atoms with van der Waals surface area (Å²) >= 11 is 0. The van der Waals surface area contributed by atoms with E-state index in [0.717, 1.165) is 24.3 Å². The predicted molar refractivity (Wildman–Crippen MR) is 140 cm³/mol. The Kier molecular flexibility index (Phi) is 7.46. The Balaban J connectivity index is 1.53. The number of hydrogen-bond acceptors (Lipinski definition) is 4. The van der Waals surface area contributed by atoms with E-state index in [4.69, 9.17) is 4.74 Å². The first-order valence-electron chi connectivity index (χ1n) is 12.4. The van der Waals surface area contributed by atoms with E-state index in [9.17, 15) is 9.90 Å². The SMILES string of the molecule is CC(C)(C)OC(=O)N1CCC(O)(c2cccc(N(Cc3ccccc3)Cc3ccccc3)c2)CC1. The molecule has 0 aliphatic carbocycles. The zero-order valence-corrected chi connectivity index (χ0v) is 21.0. The number of anilines is 1. The Morgan fingerprint density at radius 3 is 1.94 bits per heavy atom. The highest BCUT2D eigenvalue weighted by Crippen LogP contribution is 2.35. The van der Waals surface area contributed by atoms with Gasteiger partial charge in [0.1, 0.15) is 5.60 Å². The lowest BCUT2D eigenvalue weighted by atomic mass is 9.84. The number of benzene rings is 3. The number of aliphatic hydroxyl groups is 1. The highest BCUT2D eigenvalue weighted by atomic mass is 16.6. The smallest absolute Gasteiger partial charge is 0.410 e. The molecule has 4 rings (SSSR count). The van der Waals surface area contributed by atoms with E-state index in [2.05, 4.69) is 65.6 Å². The number of carbonyl (C=O) groups is 1. The summed E-state index contributed by atoms with van der Waals surface area (Å²) in [5, 5.41) is 11.6. The van der Waals surface area contributed by atoms with Crippen molar-refractivity contribution in [3.05, 3.63) is 102 Å². The van der Waals surface area contributed by atoms with E-state index in [1.54, 1.807) is 4.90 Å². The third-order valence-corrected chi connectivity index (χ3v) is 6.42. The maximum absolute atomic E-state index is 12.5. The van der Waals surface area contributed by atoms with Crippen molar-refractivity contribution >= 4 is 11.8 Å². The fraction of sp³-hybridized carbons (Fsp3) is 0.367. The standard InChI is InChI=1S/C30H36N2O3/c1-29(2,3)35-28(33)31-19-17-30(34,18-20-31)26-15-10-16-27(21-26)32(22-24-11-6-4-7-12-24)23-25-13-8-5-9-14-25/h4-16,21,34H,17-20,22-23H2,1-3H3. The summed E-state index contributed by atoms with van der Waals surface area (Å²) < 4.78 is 5.51. The van der Waals surface area contributed by atoms with Crippen molar-refractivity contribution in [3.8, 4) is 0 Å². The second-order valence-electron chi connectivity index (χ2n) is 10.4. The van der Waals surface area contributed by atoms with Gasteiger partial charge in [-0.05, 0) is 62.4 Å². The summed E-state index contributed by atoms with van der Waals surface area (Å²) in [7, 11) is 0. The first kappa shape index (κ1) is 24.8. The molecule has 1 saturated heterocycles. The highest BCUT2D eigenvalue weighted by Gasteiger charge is 2.37. The number of nitrogens with zero attached hydrogens (tertiary/aromatic N) is 2. The maximum atomic E-state index is 12.5. The monoisotopic (exact) mass is 472 g/mol. The summed E-state index contributed by atoms with van der Waals surface area (Å²) in [6.45, 7) is 8.07. The molecular weight excluding hydrogens is 436 g/mol. The van der Waals surface area contributed by atoms with Crippen LogP contribution in [0.5, 0.6) is 0 Å². The van der Waals surface area contributed by atoms with Crippen LogP contribution in [0.1, 0.15) is 50.3 Å². The van der Waals surface area contributed by atoms with Crippen LogP contribution in [0, 0.1) is 0 Å². The minimum Gasteiger partial charge on any atom is -0.444 e. The Morgan fingerprint density at radius 1 is 0.886 bits per heavy atom. The van der Waals surface area contributed by atoms with Crippen molar-refractivity contribution in [2.75, 3.05) is 18.0 Å². The first-order chi connectivity index (χ1) is 16.7. The van der Waals surface area contributed by atoms with Gasteiger partial charge in [-0.25, -0.2) is 4.79 Å². The Hall–Kier alpha value is -3.31. The number of amides is 1. The van der Waals surface area contributed by atoms with Gasteiger partial charge in [-0.2, -0.15) is 0 Å². The van der Waals surface area contributed by atoms with Crippen LogP contribution in [0.4, 0.5) is 10.5 Å². The topological polar surface area (TPSA) is 53.0 Å². The van der Waals surface area contributed by atoms with Crippen molar-refractivity contribution in [3.63, 3.8) is 0 Å². The fourth-order valence-electron chi connectivity index (χ4n) is 4.51. The molecule has 1 aliphatic rings. The summed E-state index contributed by atoms with van der Waals surface area (Å²) in [6.07, 6.45) is 0.644. The molecule has 1 fully saturated rings. The van der Waals surface area contributed by atoms with Gasteiger partial charge >= 0.3 is 6.09 Å². The maximum Gasteiger partial charge on any atom is 0.410 e. The summed E-state index contributed by atoms with van der Waals surface area (Å²) in [4.78, 5) is 16.5. The minimum absolute atomic E-state index is 0.315. The van der Waals surface area contributed by atoms with E-state index < -0.39 is 11.2 Å². The van der Waals surface area contributed by atoms with Crippen molar-refractivity contribution < 1.29 is 14.6 Å².